The summed E-state index contributed by atoms with van der Waals surface area (Å²) in [6.45, 7) is 1.62. The Balaban J connectivity index is 1.56. The summed E-state index contributed by atoms with van der Waals surface area (Å²) in [5.74, 6) is -1.46. The zero-order valence-corrected chi connectivity index (χ0v) is 18.9. The highest BCUT2D eigenvalue weighted by Crippen LogP contribution is 2.39. The zero-order chi connectivity index (χ0) is 23.4. The van der Waals surface area contributed by atoms with Gasteiger partial charge in [-0.25, -0.2) is 27.8 Å². The van der Waals surface area contributed by atoms with Crippen LogP contribution in [0.1, 0.15) is 23.9 Å². The lowest BCUT2D eigenvalue weighted by molar-refractivity contribution is 0.0133. The molecule has 4 rings (SSSR count). The van der Waals surface area contributed by atoms with Crippen molar-refractivity contribution in [2.45, 2.75) is 28.7 Å². The molecule has 0 unspecified atom stereocenters. The number of nitrogens with zero attached hydrogens (tertiary/aromatic N) is 5. The minimum atomic E-state index is -1.74. The van der Waals surface area contributed by atoms with Gasteiger partial charge in [0.2, 0.25) is 0 Å². The average molecular weight is 490 g/mol. The van der Waals surface area contributed by atoms with Gasteiger partial charge >= 0.3 is 0 Å². The van der Waals surface area contributed by atoms with Gasteiger partial charge in [-0.2, -0.15) is 9.47 Å². The molecule has 11 heteroatoms. The van der Waals surface area contributed by atoms with E-state index in [9.17, 15) is 18.3 Å². The van der Waals surface area contributed by atoms with Crippen LogP contribution in [0.5, 0.6) is 0 Å². The summed E-state index contributed by atoms with van der Waals surface area (Å²) in [5.41, 5.74) is -1.01. The Morgan fingerprint density at radius 1 is 1.12 bits per heavy atom. The Labute approximate surface area is 196 Å². The lowest BCUT2D eigenvalue weighted by Gasteiger charge is -2.33. The Kier molecular flexibility index (Phi) is 6.91. The lowest BCUT2D eigenvalue weighted by atomic mass is 9.90. The van der Waals surface area contributed by atoms with E-state index in [-0.39, 0.29) is 17.9 Å². The maximum absolute atomic E-state index is 14.7. The van der Waals surface area contributed by atoms with E-state index in [0.29, 0.717) is 10.2 Å². The van der Waals surface area contributed by atoms with Crippen molar-refractivity contribution in [1.82, 2.24) is 24.1 Å². The summed E-state index contributed by atoms with van der Waals surface area (Å²) in [5, 5.41) is 15.0. The molecule has 0 amide bonds. The number of benzene rings is 2. The molecule has 0 saturated carbocycles. The van der Waals surface area contributed by atoms with Gasteiger partial charge in [0.15, 0.2) is 10.2 Å². The van der Waals surface area contributed by atoms with Crippen molar-refractivity contribution in [3.05, 3.63) is 89.5 Å². The fourth-order valence-corrected chi connectivity index (χ4v) is 5.13. The van der Waals surface area contributed by atoms with Crippen LogP contribution >= 0.6 is 23.3 Å². The Hall–Kier alpha value is -3.02. The van der Waals surface area contributed by atoms with Crippen LogP contribution in [0.25, 0.3) is 12.2 Å². The van der Waals surface area contributed by atoms with E-state index in [1.807, 2.05) is 0 Å². The van der Waals surface area contributed by atoms with E-state index in [1.165, 1.54) is 47.3 Å². The van der Waals surface area contributed by atoms with Gasteiger partial charge in [0.25, 0.3) is 0 Å². The van der Waals surface area contributed by atoms with E-state index >= 15 is 0 Å². The molecule has 1 N–H and O–H groups in total. The first-order valence-corrected chi connectivity index (χ1v) is 11.4. The fraction of sp³-hybridized carbons (Fsp3) is 0.182. The number of rotatable bonds is 8. The second-order valence-corrected chi connectivity index (χ2v) is 9.54. The maximum Gasteiger partial charge on any atom is 0.170 e. The first-order valence-electron chi connectivity index (χ1n) is 9.78. The third kappa shape index (κ3) is 5.49. The van der Waals surface area contributed by atoms with Crippen molar-refractivity contribution in [2.75, 3.05) is 0 Å². The molecule has 0 aliphatic heterocycles. The Bertz CT molecular complexity index is 1250. The number of hydrogen-bond acceptors (Lipinski definition) is 7. The molecule has 0 spiro atoms. The molecule has 0 saturated heterocycles. The fourth-order valence-electron chi connectivity index (χ4n) is 3.16. The first-order chi connectivity index (χ1) is 15.8. The van der Waals surface area contributed by atoms with Crippen molar-refractivity contribution < 1.29 is 18.3 Å². The Morgan fingerprint density at radius 2 is 1.88 bits per heavy atom. The smallest absolute Gasteiger partial charge is 0.170 e. The van der Waals surface area contributed by atoms with Gasteiger partial charge in [0, 0.05) is 16.9 Å². The van der Waals surface area contributed by atoms with Crippen molar-refractivity contribution in [2.24, 2.45) is 0 Å². The van der Waals surface area contributed by atoms with Crippen LogP contribution in [0.3, 0.4) is 0 Å². The summed E-state index contributed by atoms with van der Waals surface area (Å²) < 4.78 is 47.4. The van der Waals surface area contributed by atoms with E-state index in [2.05, 4.69) is 19.4 Å². The van der Waals surface area contributed by atoms with Crippen LogP contribution in [0.15, 0.2) is 59.5 Å². The van der Waals surface area contributed by atoms with Crippen LogP contribution in [-0.4, -0.2) is 34.5 Å². The summed E-state index contributed by atoms with van der Waals surface area (Å²) in [7, 11) is 0. The number of halogens is 3. The molecule has 2 aromatic heterocycles. The van der Waals surface area contributed by atoms with Crippen LogP contribution in [0, 0.1) is 17.5 Å². The molecular weight excluding hydrogens is 471 g/mol. The van der Waals surface area contributed by atoms with Crippen LogP contribution in [-0.2, 0) is 12.1 Å². The van der Waals surface area contributed by atoms with Crippen LogP contribution in [0.2, 0.25) is 0 Å². The molecule has 0 aliphatic carbocycles. The van der Waals surface area contributed by atoms with Gasteiger partial charge in [-0.05, 0) is 48.3 Å². The largest absolute Gasteiger partial charge is 0.382 e. The first kappa shape index (κ1) is 23.1. The highest BCUT2D eigenvalue weighted by molar-refractivity contribution is 8.01. The van der Waals surface area contributed by atoms with E-state index in [0.717, 1.165) is 29.2 Å². The van der Waals surface area contributed by atoms with Crippen LogP contribution in [0.4, 0.5) is 13.2 Å². The second kappa shape index (κ2) is 9.86. The van der Waals surface area contributed by atoms with Gasteiger partial charge < -0.3 is 5.11 Å². The highest BCUT2D eigenvalue weighted by Gasteiger charge is 2.40. The monoisotopic (exact) mass is 489 g/mol. The number of hydrogen-bond donors (Lipinski definition) is 1. The van der Waals surface area contributed by atoms with Crippen molar-refractivity contribution >= 4 is 35.4 Å². The molecular formula is C22H18F3N5OS2. The normalized spacial score (nSPS) is 14.5. The molecule has 2 atom stereocenters. The number of thioether (sulfide) groups is 1. The lowest BCUT2D eigenvalue weighted by Crippen LogP contribution is -2.41. The van der Waals surface area contributed by atoms with Gasteiger partial charge in [-0.15, -0.1) is 0 Å². The SMILES string of the molecule is C[C@@H](Sc1nc(C=Cc2ccc(F)cc2)ns1)[C@](O)(Cn1cncn1)c1ccc(F)cc1F. The van der Waals surface area contributed by atoms with Crippen molar-refractivity contribution in [3.63, 3.8) is 0 Å². The molecule has 0 fully saturated rings. The quantitative estimate of drug-likeness (QED) is 0.359. The van der Waals surface area contributed by atoms with E-state index in [1.54, 1.807) is 31.2 Å². The van der Waals surface area contributed by atoms with E-state index < -0.39 is 22.5 Å². The number of aromatic nitrogens is 5. The molecule has 0 aliphatic rings. The third-order valence-electron chi connectivity index (χ3n) is 4.94. The van der Waals surface area contributed by atoms with Gasteiger partial charge in [-0.3, -0.25) is 0 Å². The van der Waals surface area contributed by atoms with Gasteiger partial charge in [-0.1, -0.05) is 36.0 Å². The molecule has 0 radical (unpaired) electrons. The van der Waals surface area contributed by atoms with Crippen molar-refractivity contribution in [3.8, 4) is 0 Å². The molecule has 2 aromatic carbocycles. The van der Waals surface area contributed by atoms with Crippen molar-refractivity contribution in [1.29, 1.82) is 0 Å². The summed E-state index contributed by atoms with van der Waals surface area (Å²) >= 11 is 2.35. The molecule has 33 heavy (non-hydrogen) atoms. The predicted molar refractivity (Wildman–Crippen MR) is 121 cm³/mol. The molecule has 6 nitrogen and oxygen atoms in total. The predicted octanol–water partition coefficient (Wildman–Crippen LogP) is 4.79. The minimum Gasteiger partial charge on any atom is -0.382 e. The minimum absolute atomic E-state index is 0.0552. The summed E-state index contributed by atoms with van der Waals surface area (Å²) in [6.07, 6.45) is 6.17. The highest BCUT2D eigenvalue weighted by atomic mass is 32.2. The topological polar surface area (TPSA) is 76.7 Å². The molecule has 4 aromatic rings. The summed E-state index contributed by atoms with van der Waals surface area (Å²) in [6, 6.07) is 9.07. The van der Waals surface area contributed by atoms with Gasteiger partial charge in [0.05, 0.1) is 6.54 Å². The second-order valence-electron chi connectivity index (χ2n) is 7.20. The standard InChI is InChI=1S/C22H18F3N5OS2/c1-14(32-21-28-20(29-33-21)9-4-15-2-5-16(23)6-3-15)22(31,11-30-13-26-12-27-30)18-8-7-17(24)10-19(18)25/h2-10,12-14,31H,11H2,1H3/t14-,22-/m1/s1. The zero-order valence-electron chi connectivity index (χ0n) is 17.3. The molecule has 170 valence electrons. The Morgan fingerprint density at radius 3 is 2.58 bits per heavy atom. The maximum atomic E-state index is 14.7. The summed E-state index contributed by atoms with van der Waals surface area (Å²) in [4.78, 5) is 8.30. The molecule has 2 heterocycles. The van der Waals surface area contributed by atoms with Gasteiger partial charge in [0.1, 0.15) is 35.7 Å². The average Bonchev–Trinajstić information content (AvgIpc) is 3.45. The number of aliphatic hydroxyl groups is 1. The van der Waals surface area contributed by atoms with E-state index in [4.69, 9.17) is 0 Å². The molecule has 0 bridgehead atoms. The third-order valence-corrected chi connectivity index (χ3v) is 7.01. The van der Waals surface area contributed by atoms with Crippen LogP contribution < -0.4 is 0 Å².